The number of nitrogens with one attached hydrogen (secondary N) is 1. The van der Waals surface area contributed by atoms with Gasteiger partial charge in [0, 0.05) is 58.4 Å². The topological polar surface area (TPSA) is 86.6 Å². The Kier molecular flexibility index (Phi) is 6.49. The van der Waals surface area contributed by atoms with E-state index in [0.29, 0.717) is 41.7 Å². The number of benzene rings is 2. The van der Waals surface area contributed by atoms with Crippen molar-refractivity contribution in [3.63, 3.8) is 0 Å². The Morgan fingerprint density at radius 3 is 2.78 bits per heavy atom. The average Bonchev–Trinajstić information content (AvgIpc) is 3.74. The second-order valence-corrected chi connectivity index (χ2v) is 15.0. The van der Waals surface area contributed by atoms with Crippen LogP contribution in [-0.2, 0) is 0 Å². The van der Waals surface area contributed by atoms with Gasteiger partial charge < -0.3 is 20.1 Å². The quantitative estimate of drug-likeness (QED) is 0.239. The van der Waals surface area contributed by atoms with E-state index in [9.17, 15) is 5.11 Å². The Morgan fingerprint density at radius 1 is 1.09 bits per heavy atom. The van der Waals surface area contributed by atoms with Gasteiger partial charge in [0.15, 0.2) is 5.82 Å². The van der Waals surface area contributed by atoms with E-state index < -0.39 is 11.5 Å². The molecule has 45 heavy (non-hydrogen) atoms. The van der Waals surface area contributed by atoms with Crippen molar-refractivity contribution in [2.24, 2.45) is 0 Å². The molecule has 8 nitrogen and oxygen atoms in total. The smallest absolute Gasteiger partial charge is 0.319 e. The van der Waals surface area contributed by atoms with Crippen molar-refractivity contribution < 1.29 is 18.6 Å². The van der Waals surface area contributed by atoms with Gasteiger partial charge in [-0.05, 0) is 97.7 Å². The molecule has 4 saturated heterocycles. The minimum Gasteiger partial charge on any atom is -0.508 e. The number of piperazine rings is 1. The molecule has 0 amide bonds. The zero-order valence-corrected chi connectivity index (χ0v) is 27.1. The zero-order chi connectivity index (χ0) is 30.5. The lowest BCUT2D eigenvalue weighted by molar-refractivity contribution is 0.0811. The minimum atomic E-state index is -1.16. The molecule has 6 heterocycles. The van der Waals surface area contributed by atoms with Crippen molar-refractivity contribution in [2.45, 2.75) is 80.7 Å². The molecular weight excluding hydrogens is 689 g/mol. The van der Waals surface area contributed by atoms with Gasteiger partial charge in [-0.25, -0.2) is 8.78 Å². The molecule has 2 aromatic carbocycles. The number of hydrogen-bond acceptors (Lipinski definition) is 8. The number of pyridine rings is 1. The second-order valence-electron chi connectivity index (χ2n) is 13.8. The maximum absolute atomic E-state index is 16.8. The molecule has 5 fully saturated rings. The fourth-order valence-electron chi connectivity index (χ4n) is 9.28. The Morgan fingerprint density at radius 2 is 1.93 bits per heavy atom. The zero-order valence-electron chi connectivity index (χ0n) is 24.9. The lowest BCUT2D eigenvalue weighted by Gasteiger charge is -2.35. The first-order valence-corrected chi connectivity index (χ1v) is 17.3. The molecule has 5 aliphatic rings. The van der Waals surface area contributed by atoms with Gasteiger partial charge in [-0.15, -0.1) is 0 Å². The Labute approximate surface area is 273 Å². The number of anilines is 1. The van der Waals surface area contributed by atoms with Crippen LogP contribution in [0.3, 0.4) is 0 Å². The second kappa shape index (κ2) is 10.3. The highest BCUT2D eigenvalue weighted by Crippen LogP contribution is 2.55. The summed E-state index contributed by atoms with van der Waals surface area (Å²) in [4.78, 5) is 18.8. The number of phenols is 1. The molecular formula is C34H35F2IN6O2. The highest BCUT2D eigenvalue weighted by atomic mass is 127. The van der Waals surface area contributed by atoms with Crippen LogP contribution < -0.4 is 15.0 Å². The first-order chi connectivity index (χ1) is 21.8. The molecule has 0 spiro atoms. The van der Waals surface area contributed by atoms with Gasteiger partial charge in [0.25, 0.3) is 0 Å². The van der Waals surface area contributed by atoms with Crippen LogP contribution in [-0.4, -0.2) is 80.5 Å². The third kappa shape index (κ3) is 4.43. The number of phenolic OH excluding ortho intramolecular Hbond substituents is 1. The van der Waals surface area contributed by atoms with Crippen LogP contribution in [0.2, 0.25) is 0 Å². The van der Waals surface area contributed by atoms with Crippen molar-refractivity contribution >= 4 is 50.1 Å². The SMILES string of the molecule is Oc1cc(-c2ncc3c(N4CC5CCC(C4)N5)nc(OC[C@]45CCCN4[C@H]4CCC[C@@]4(F)C5)nc3c2F)c2c(I)cccc2c1. The number of nitrogens with zero attached hydrogens (tertiary/aromatic N) is 5. The summed E-state index contributed by atoms with van der Waals surface area (Å²) in [5, 5.41) is 16.4. The van der Waals surface area contributed by atoms with Crippen molar-refractivity contribution in [1.29, 1.82) is 0 Å². The first kappa shape index (κ1) is 28.3. The Balaban J connectivity index is 1.15. The van der Waals surface area contributed by atoms with E-state index in [2.05, 4.69) is 47.7 Å². The lowest BCUT2D eigenvalue weighted by atomic mass is 9.88. The summed E-state index contributed by atoms with van der Waals surface area (Å²) in [7, 11) is 0. The van der Waals surface area contributed by atoms with Crippen LogP contribution in [0, 0.1) is 9.39 Å². The molecule has 2 N–H and O–H groups in total. The maximum atomic E-state index is 16.8. The van der Waals surface area contributed by atoms with E-state index in [4.69, 9.17) is 9.72 Å². The molecule has 1 aliphatic carbocycles. The molecule has 5 atom stereocenters. The number of fused-ring (bicyclic) bond motifs is 7. The molecule has 1 saturated carbocycles. The van der Waals surface area contributed by atoms with Gasteiger partial charge in [0.1, 0.15) is 35.1 Å². The van der Waals surface area contributed by atoms with Crippen molar-refractivity contribution in [2.75, 3.05) is 31.1 Å². The highest BCUT2D eigenvalue weighted by molar-refractivity contribution is 14.1. The van der Waals surface area contributed by atoms with Crippen molar-refractivity contribution in [1.82, 2.24) is 25.2 Å². The molecule has 9 rings (SSSR count). The number of aromatic hydroxyl groups is 1. The summed E-state index contributed by atoms with van der Waals surface area (Å²) in [6.45, 7) is 2.67. The standard InChI is InChI=1S/C34H35F2IN6O2/c35-28-29(23-13-22(44)12-19-4-1-5-25(37)27(19)23)38-14-24-30(28)40-32(41-31(24)42-15-20-7-8-21(16-42)39-20)45-18-33-9-3-11-43(33)26-6-2-10-34(26,36)17-33/h1,4-5,12-14,20-21,26,39,44H,2-3,6-11,15-18H2/t20?,21?,26-,33+,34+/m0/s1. The molecule has 0 radical (unpaired) electrons. The van der Waals surface area contributed by atoms with Crippen LogP contribution in [0.5, 0.6) is 11.8 Å². The largest absolute Gasteiger partial charge is 0.508 e. The molecule has 2 bridgehead atoms. The summed E-state index contributed by atoms with van der Waals surface area (Å²) in [5.41, 5.74) is -0.783. The van der Waals surface area contributed by atoms with Gasteiger partial charge >= 0.3 is 6.01 Å². The van der Waals surface area contributed by atoms with E-state index in [-0.39, 0.29) is 41.2 Å². The van der Waals surface area contributed by atoms with Gasteiger partial charge in [0.05, 0.1) is 10.9 Å². The average molecular weight is 725 g/mol. The van der Waals surface area contributed by atoms with Gasteiger partial charge in [-0.2, -0.15) is 9.97 Å². The summed E-state index contributed by atoms with van der Waals surface area (Å²) in [6, 6.07) is 9.77. The van der Waals surface area contributed by atoms with Crippen LogP contribution in [0.1, 0.15) is 51.4 Å². The molecule has 11 heteroatoms. The van der Waals surface area contributed by atoms with E-state index in [1.165, 1.54) is 0 Å². The number of hydrogen-bond donors (Lipinski definition) is 2. The third-order valence-corrected chi connectivity index (χ3v) is 12.0. The maximum Gasteiger partial charge on any atom is 0.319 e. The van der Waals surface area contributed by atoms with Crippen LogP contribution in [0.25, 0.3) is 32.9 Å². The number of halogens is 3. The first-order valence-electron chi connectivity index (χ1n) is 16.2. The normalized spacial score (nSPS) is 30.8. The van der Waals surface area contributed by atoms with Crippen molar-refractivity contribution in [3.05, 3.63) is 45.9 Å². The summed E-state index contributed by atoms with van der Waals surface area (Å²) in [5.74, 6) is 0.0778. The van der Waals surface area contributed by atoms with E-state index in [1.54, 1.807) is 18.3 Å². The van der Waals surface area contributed by atoms with Crippen molar-refractivity contribution in [3.8, 4) is 23.0 Å². The Hall–Kier alpha value is -2.90. The molecule has 4 aliphatic heterocycles. The predicted molar refractivity (Wildman–Crippen MR) is 177 cm³/mol. The molecule has 234 valence electrons. The predicted octanol–water partition coefficient (Wildman–Crippen LogP) is 6.11. The lowest BCUT2D eigenvalue weighted by Crippen LogP contribution is -2.51. The van der Waals surface area contributed by atoms with Crippen LogP contribution >= 0.6 is 22.6 Å². The number of ether oxygens (including phenoxy) is 1. The fourth-order valence-corrected chi connectivity index (χ4v) is 10.1. The fraction of sp³-hybridized carbons (Fsp3) is 0.500. The molecule has 2 aromatic heterocycles. The van der Waals surface area contributed by atoms with E-state index in [1.807, 2.05) is 18.2 Å². The number of rotatable bonds is 5. The van der Waals surface area contributed by atoms with Gasteiger partial charge in [0.2, 0.25) is 0 Å². The minimum absolute atomic E-state index is 0.0387. The summed E-state index contributed by atoms with van der Waals surface area (Å²) >= 11 is 2.23. The number of alkyl halides is 1. The molecule has 4 aromatic rings. The van der Waals surface area contributed by atoms with E-state index >= 15 is 8.78 Å². The highest BCUT2D eigenvalue weighted by Gasteiger charge is 2.63. The van der Waals surface area contributed by atoms with Gasteiger partial charge in [-0.1, -0.05) is 12.1 Å². The van der Waals surface area contributed by atoms with E-state index in [0.717, 1.165) is 72.5 Å². The third-order valence-electron chi connectivity index (χ3n) is 11.1. The van der Waals surface area contributed by atoms with Gasteiger partial charge in [-0.3, -0.25) is 9.88 Å². The summed E-state index contributed by atoms with van der Waals surface area (Å²) in [6.07, 6.45) is 8.65. The van der Waals surface area contributed by atoms with Crippen LogP contribution in [0.4, 0.5) is 14.6 Å². The number of aromatic nitrogens is 3. The monoisotopic (exact) mass is 724 g/mol. The van der Waals surface area contributed by atoms with Crippen LogP contribution in [0.15, 0.2) is 36.5 Å². The Bertz CT molecular complexity index is 1850. The summed E-state index contributed by atoms with van der Waals surface area (Å²) < 4.78 is 40.2. The molecule has 2 unspecified atom stereocenters.